The molecule has 8 heterocycles. The standard InChI is InChI=1S/C61H74FN13O8/c1-31(2)50(63)57(76)72-21-9-11-45(72)54-65-28-43(68-54)37-17-19-39-48(24-37)83-30-75-44-20-18-36(42-27-66-56(69-42)47-25-38(62)29-74(47)59(78)52(33(5)6)71-61(80)82-8)23-40(44)49(53(39)75)35-15-13-34(14-16-35)41-26-64-55(67-41)46-12-10-22-73(46)58(77)51(32(3)4)70-60(79)81-7/h13-20,23-24,26-28,31-33,38,45-47,50-52,58,77H,9-12,21-22,25,29-30,63H2,1-8H3,(H,64,67)(H,65,68)(H,66,69)(H,70,79)(H,71,80). The molecule has 4 aromatic heterocycles. The number of nitrogens with zero attached hydrogens (tertiary/aromatic N) is 7. The van der Waals surface area contributed by atoms with Gasteiger partial charge in [-0.1, -0.05) is 77.9 Å². The third-order valence-corrected chi connectivity index (χ3v) is 17.1. The van der Waals surface area contributed by atoms with Crippen LogP contribution in [0.3, 0.4) is 0 Å². The summed E-state index contributed by atoms with van der Waals surface area (Å²) in [6.45, 7) is 12.8. The van der Waals surface area contributed by atoms with Crippen molar-refractivity contribution in [3.8, 4) is 61.9 Å². The van der Waals surface area contributed by atoms with E-state index < -0.39 is 54.7 Å². The molecule has 7 aromatic rings. The number of amides is 4. The second-order valence-corrected chi connectivity index (χ2v) is 23.4. The van der Waals surface area contributed by atoms with Crippen molar-refractivity contribution in [3.05, 3.63) is 96.7 Å². The lowest BCUT2D eigenvalue weighted by Crippen LogP contribution is -2.54. The molecule has 11 rings (SSSR count). The molecule has 0 aliphatic carbocycles. The number of aromatic amines is 3. The van der Waals surface area contributed by atoms with Crippen molar-refractivity contribution in [3.63, 3.8) is 0 Å². The minimum atomic E-state index is -1.29. The van der Waals surface area contributed by atoms with E-state index in [1.165, 1.54) is 19.1 Å². The Morgan fingerprint density at radius 1 is 0.747 bits per heavy atom. The van der Waals surface area contributed by atoms with Gasteiger partial charge in [-0.15, -0.1) is 0 Å². The number of alkyl halides is 1. The van der Waals surface area contributed by atoms with Crippen molar-refractivity contribution in [2.45, 2.75) is 129 Å². The highest BCUT2D eigenvalue weighted by Gasteiger charge is 2.43. The van der Waals surface area contributed by atoms with Gasteiger partial charge in [-0.05, 0) is 78.8 Å². The number of alkyl carbamates (subject to hydrolysis) is 2. The van der Waals surface area contributed by atoms with Crippen molar-refractivity contribution < 1.29 is 42.9 Å². The van der Waals surface area contributed by atoms with Gasteiger partial charge >= 0.3 is 12.2 Å². The fourth-order valence-corrected chi connectivity index (χ4v) is 12.5. The maximum atomic E-state index is 15.3. The molecule has 3 fully saturated rings. The van der Waals surface area contributed by atoms with Gasteiger partial charge in [-0.3, -0.25) is 14.5 Å². The number of nitrogens with one attached hydrogen (secondary N) is 5. The number of aromatic nitrogens is 7. The summed E-state index contributed by atoms with van der Waals surface area (Å²) in [6, 6.07) is 17.4. The Bertz CT molecular complexity index is 3530. The van der Waals surface area contributed by atoms with Crippen molar-refractivity contribution in [1.29, 1.82) is 0 Å². The average Bonchev–Trinajstić information content (AvgIpc) is 3.77. The number of fused-ring (bicyclic) bond motifs is 5. The first kappa shape index (κ1) is 56.8. The van der Waals surface area contributed by atoms with E-state index >= 15 is 4.39 Å². The van der Waals surface area contributed by atoms with Crippen molar-refractivity contribution in [2.75, 3.05) is 33.9 Å². The molecule has 4 aliphatic rings. The molecule has 3 saturated heterocycles. The zero-order valence-electron chi connectivity index (χ0n) is 48.1. The van der Waals surface area contributed by atoms with Gasteiger partial charge < -0.3 is 65.0 Å². The van der Waals surface area contributed by atoms with Crippen LogP contribution in [0.2, 0.25) is 0 Å². The Kier molecular flexibility index (Phi) is 15.9. The molecular formula is C61H74FN13O8. The second-order valence-electron chi connectivity index (χ2n) is 23.4. The molecule has 83 heavy (non-hydrogen) atoms. The zero-order valence-corrected chi connectivity index (χ0v) is 48.1. The number of aliphatic hydroxyl groups is 1. The quantitative estimate of drug-likeness (QED) is 0.0477. The van der Waals surface area contributed by atoms with E-state index in [-0.39, 0.29) is 55.4 Å². The topological polar surface area (TPSA) is 267 Å². The van der Waals surface area contributed by atoms with Gasteiger partial charge in [0.1, 0.15) is 41.7 Å². The Labute approximate surface area is 480 Å². The first-order chi connectivity index (χ1) is 39.9. The summed E-state index contributed by atoms with van der Waals surface area (Å²) in [6.07, 6.45) is 5.11. The lowest BCUT2D eigenvalue weighted by atomic mass is 9.95. The molecule has 8 N–H and O–H groups in total. The lowest BCUT2D eigenvalue weighted by Gasteiger charge is -2.35. The Morgan fingerprint density at radius 2 is 1.40 bits per heavy atom. The molecule has 4 aliphatic heterocycles. The maximum Gasteiger partial charge on any atom is 0.407 e. The van der Waals surface area contributed by atoms with E-state index in [1.54, 1.807) is 12.4 Å². The van der Waals surface area contributed by atoms with Gasteiger partial charge in [-0.2, -0.15) is 0 Å². The summed E-state index contributed by atoms with van der Waals surface area (Å²) in [4.78, 5) is 82.3. The van der Waals surface area contributed by atoms with E-state index in [1.807, 2.05) is 69.7 Å². The van der Waals surface area contributed by atoms with E-state index in [9.17, 15) is 24.3 Å². The van der Waals surface area contributed by atoms with Crippen LogP contribution in [0.25, 0.3) is 67.1 Å². The third kappa shape index (κ3) is 10.8. The average molecular weight is 1140 g/mol. The molecule has 21 nitrogen and oxygen atoms in total. The first-order valence-corrected chi connectivity index (χ1v) is 28.8. The number of carbonyl (C=O) groups is 4. The van der Waals surface area contributed by atoms with E-state index in [0.29, 0.717) is 30.4 Å². The summed E-state index contributed by atoms with van der Waals surface area (Å²) in [5.74, 6) is 1.73. The Hall–Kier alpha value is -8.08. The van der Waals surface area contributed by atoms with Crippen LogP contribution in [0.1, 0.15) is 109 Å². The second kappa shape index (κ2) is 23.3. The monoisotopic (exact) mass is 1140 g/mol. The summed E-state index contributed by atoms with van der Waals surface area (Å²) in [7, 11) is 2.54. The summed E-state index contributed by atoms with van der Waals surface area (Å²) in [5.41, 5.74) is 15.8. The van der Waals surface area contributed by atoms with E-state index in [4.69, 9.17) is 34.9 Å². The first-order valence-electron chi connectivity index (χ1n) is 28.8. The molecule has 22 heteroatoms. The highest BCUT2D eigenvalue weighted by atomic mass is 19.1. The smallest absolute Gasteiger partial charge is 0.407 e. The number of H-pyrrole nitrogens is 3. The van der Waals surface area contributed by atoms with Gasteiger partial charge in [0.15, 0.2) is 6.73 Å². The number of hydrogen-bond acceptors (Lipinski definition) is 13. The number of ether oxygens (including phenoxy) is 3. The van der Waals surface area contributed by atoms with Crippen LogP contribution >= 0.6 is 0 Å². The number of rotatable bonds is 16. The minimum absolute atomic E-state index is 0.0114. The number of hydrogen-bond donors (Lipinski definition) is 7. The van der Waals surface area contributed by atoms with Crippen LogP contribution in [-0.4, -0.2) is 143 Å². The number of halogens is 1. The van der Waals surface area contributed by atoms with Gasteiger partial charge in [0.2, 0.25) is 11.8 Å². The highest BCUT2D eigenvalue weighted by molar-refractivity contribution is 6.07. The van der Waals surface area contributed by atoms with Crippen LogP contribution in [0.5, 0.6) is 5.75 Å². The summed E-state index contributed by atoms with van der Waals surface area (Å²) < 4.78 is 33.8. The van der Waals surface area contributed by atoms with Crippen molar-refractivity contribution >= 4 is 34.9 Å². The largest absolute Gasteiger partial charge is 0.472 e. The van der Waals surface area contributed by atoms with Crippen LogP contribution < -0.4 is 21.1 Å². The van der Waals surface area contributed by atoms with E-state index in [0.717, 1.165) is 98.7 Å². The Morgan fingerprint density at radius 3 is 2.10 bits per heavy atom. The molecule has 8 atom stereocenters. The number of methoxy groups -OCH3 is 2. The van der Waals surface area contributed by atoms with Gasteiger partial charge in [0.25, 0.3) is 0 Å². The molecule has 0 radical (unpaired) electrons. The van der Waals surface area contributed by atoms with Gasteiger partial charge in [0, 0.05) is 53.3 Å². The van der Waals surface area contributed by atoms with Crippen molar-refractivity contribution in [2.24, 2.45) is 23.5 Å². The van der Waals surface area contributed by atoms with Crippen LogP contribution in [0, 0.1) is 17.8 Å². The molecule has 438 valence electrons. The highest BCUT2D eigenvalue weighted by Crippen LogP contribution is 2.49. The molecule has 8 unspecified atom stereocenters. The predicted octanol–water partition coefficient (Wildman–Crippen LogP) is 8.97. The van der Waals surface area contributed by atoms with Crippen LogP contribution in [0.15, 0.2) is 79.3 Å². The summed E-state index contributed by atoms with van der Waals surface area (Å²) >= 11 is 0. The minimum Gasteiger partial charge on any atom is -0.472 e. The molecule has 3 aromatic carbocycles. The maximum absolute atomic E-state index is 15.3. The fraction of sp³-hybridized carbons (Fsp3) is 0.459. The van der Waals surface area contributed by atoms with Crippen LogP contribution in [0.4, 0.5) is 14.0 Å². The number of likely N-dealkylation sites (tertiary alicyclic amines) is 3. The SMILES string of the molecule is COC(=O)NC(C(=O)N1CC(F)CC1c1nc(-c2ccc3c(c2)c(-c2ccc(-c4cnc(C5CCCN5C(O)C(NC(=O)OC)C(C)C)[nH]4)cc2)c2n3COc3cc(-c4cnc(C5CCCN5C(=O)C(N)C(C)C)[nH]4)ccc3-2)c[nH]1)C(C)C. The van der Waals surface area contributed by atoms with E-state index in [2.05, 4.69) is 78.7 Å². The molecule has 0 bridgehead atoms. The lowest BCUT2D eigenvalue weighted by molar-refractivity contribution is -0.136. The number of aliphatic hydroxyl groups excluding tert-OH is 1. The van der Waals surface area contributed by atoms with Gasteiger partial charge in [-0.25, -0.2) is 28.9 Å². The van der Waals surface area contributed by atoms with Crippen LogP contribution in [-0.2, 0) is 25.8 Å². The molecule has 0 spiro atoms. The van der Waals surface area contributed by atoms with Crippen molar-refractivity contribution in [1.82, 2.24) is 59.8 Å². The zero-order chi connectivity index (χ0) is 58.5. The molecule has 4 amide bonds. The van der Waals surface area contributed by atoms with Gasteiger partial charge in [0.05, 0.1) is 91.7 Å². The Balaban J connectivity index is 0.937. The fourth-order valence-electron chi connectivity index (χ4n) is 12.5. The predicted molar refractivity (Wildman–Crippen MR) is 310 cm³/mol. The molecule has 0 saturated carbocycles. The number of carbonyl (C=O) groups excluding carboxylic acids is 4. The third-order valence-electron chi connectivity index (χ3n) is 17.1. The normalized spacial score (nSPS) is 20.4. The number of nitrogens with two attached hydrogens (primary N) is 1. The number of imidazole rings is 3. The summed E-state index contributed by atoms with van der Waals surface area (Å²) in [5, 5.41) is 18.0. The molecular weight excluding hydrogens is 1060 g/mol. The number of benzene rings is 3.